The highest BCUT2D eigenvalue weighted by molar-refractivity contribution is 7.99. The van der Waals surface area contributed by atoms with Crippen molar-refractivity contribution < 1.29 is 4.42 Å². The van der Waals surface area contributed by atoms with Crippen molar-refractivity contribution in [2.75, 3.05) is 0 Å². The van der Waals surface area contributed by atoms with Crippen LogP contribution in [0.25, 0.3) is 27.8 Å². The van der Waals surface area contributed by atoms with Gasteiger partial charge in [-0.2, -0.15) is 0 Å². The molecule has 0 fully saturated rings. The second kappa shape index (κ2) is 9.90. The third-order valence-electron chi connectivity index (χ3n) is 5.54. The Bertz CT molecular complexity index is 1360. The predicted molar refractivity (Wildman–Crippen MR) is 135 cm³/mol. The van der Waals surface area contributed by atoms with Crippen molar-refractivity contribution in [1.29, 1.82) is 0 Å². The summed E-state index contributed by atoms with van der Waals surface area (Å²) < 4.78 is 8.15. The van der Waals surface area contributed by atoms with Gasteiger partial charge in [0.25, 0.3) is 5.89 Å². The molecule has 1 unspecified atom stereocenters. The van der Waals surface area contributed by atoms with Crippen LogP contribution in [0, 0.1) is 0 Å². The number of thioether (sulfide) groups is 1. The lowest BCUT2D eigenvalue weighted by atomic mass is 10.0. The number of para-hydroxylation sites is 1. The van der Waals surface area contributed by atoms with Gasteiger partial charge in [0.1, 0.15) is 0 Å². The highest BCUT2D eigenvalue weighted by atomic mass is 32.2. The first kappa shape index (κ1) is 22.5. The number of benzene rings is 1. The van der Waals surface area contributed by atoms with Gasteiger partial charge in [-0.05, 0) is 54.5 Å². The maximum atomic E-state index is 5.99. The van der Waals surface area contributed by atoms with Crippen molar-refractivity contribution in [2.45, 2.75) is 44.0 Å². The second-order valence-corrected chi connectivity index (χ2v) is 9.95. The minimum Gasteiger partial charge on any atom is -0.419 e. The van der Waals surface area contributed by atoms with Crippen LogP contribution in [-0.4, -0.2) is 29.9 Å². The molecular formula is C25H24N6OS2. The molecule has 0 N–H and O–H groups in total. The third-order valence-corrected chi connectivity index (χ3v) is 7.43. The lowest BCUT2D eigenvalue weighted by Gasteiger charge is -2.18. The quantitative estimate of drug-likeness (QED) is 0.233. The van der Waals surface area contributed by atoms with Gasteiger partial charge in [-0.15, -0.1) is 31.7 Å². The summed E-state index contributed by atoms with van der Waals surface area (Å²) in [6, 6.07) is 14.3. The third kappa shape index (κ3) is 4.28. The number of aryl methyl sites for hydroxylation is 2. The van der Waals surface area contributed by atoms with Gasteiger partial charge < -0.3 is 4.42 Å². The van der Waals surface area contributed by atoms with Gasteiger partial charge in [-0.1, -0.05) is 49.9 Å². The fraction of sp³-hybridized carbons (Fsp3) is 0.240. The van der Waals surface area contributed by atoms with E-state index in [-0.39, 0.29) is 5.25 Å². The molecule has 0 saturated carbocycles. The molecule has 0 aliphatic heterocycles. The first-order valence-electron chi connectivity index (χ1n) is 11.2. The molecule has 172 valence electrons. The van der Waals surface area contributed by atoms with Crippen molar-refractivity contribution >= 4 is 23.1 Å². The smallest absolute Gasteiger partial charge is 0.257 e. The lowest BCUT2D eigenvalue weighted by molar-refractivity contribution is 0.510. The fourth-order valence-corrected chi connectivity index (χ4v) is 5.37. The first-order chi connectivity index (χ1) is 16.7. The molecule has 0 aliphatic carbocycles. The average molecular weight is 489 g/mol. The fourth-order valence-electron chi connectivity index (χ4n) is 3.84. The molecule has 5 aromatic rings. The molecular weight excluding hydrogens is 464 g/mol. The van der Waals surface area contributed by atoms with Crippen molar-refractivity contribution in [3.8, 4) is 27.8 Å². The Hall–Kier alpha value is -3.30. The van der Waals surface area contributed by atoms with Gasteiger partial charge in [-0.3, -0.25) is 9.55 Å². The van der Waals surface area contributed by atoms with E-state index in [1.54, 1.807) is 29.3 Å². The minimum absolute atomic E-state index is 0.107. The Balaban J connectivity index is 1.58. The molecule has 0 amide bonds. The topological polar surface area (TPSA) is 82.5 Å². The Kier molecular flexibility index (Phi) is 6.55. The molecule has 5 rings (SSSR count). The van der Waals surface area contributed by atoms with E-state index in [1.165, 1.54) is 11.1 Å². The summed E-state index contributed by atoms with van der Waals surface area (Å²) >= 11 is 3.14. The molecule has 7 nitrogen and oxygen atoms in total. The Morgan fingerprint density at radius 1 is 0.971 bits per heavy atom. The van der Waals surface area contributed by atoms with Crippen LogP contribution in [0.1, 0.15) is 43.0 Å². The monoisotopic (exact) mass is 488 g/mol. The zero-order chi connectivity index (χ0) is 23.5. The van der Waals surface area contributed by atoms with Crippen LogP contribution >= 0.6 is 23.1 Å². The van der Waals surface area contributed by atoms with Gasteiger partial charge in [-0.25, -0.2) is 0 Å². The van der Waals surface area contributed by atoms with E-state index in [0.717, 1.165) is 40.0 Å². The lowest BCUT2D eigenvalue weighted by Crippen LogP contribution is -2.07. The van der Waals surface area contributed by atoms with Gasteiger partial charge in [0, 0.05) is 18.0 Å². The normalized spacial score (nSPS) is 12.2. The van der Waals surface area contributed by atoms with E-state index >= 15 is 0 Å². The zero-order valence-electron chi connectivity index (χ0n) is 19.2. The number of nitrogens with zero attached hydrogens (tertiary/aromatic N) is 6. The summed E-state index contributed by atoms with van der Waals surface area (Å²) in [6.45, 7) is 6.39. The van der Waals surface area contributed by atoms with Gasteiger partial charge in [0.05, 0.1) is 15.8 Å². The van der Waals surface area contributed by atoms with Gasteiger partial charge in [0.2, 0.25) is 5.89 Å². The number of aromatic nitrogens is 6. The standard InChI is InChI=1S/C25H24N6OS2/c1-4-17-9-6-10-18(5-2)21(17)31-22(19-11-7-13-26-15-19)27-30-25(31)34-16(3)23-28-29-24(32-23)20-12-8-14-33-20/h6-16H,4-5H2,1-3H3. The Morgan fingerprint density at radius 3 is 2.47 bits per heavy atom. The molecule has 0 saturated heterocycles. The first-order valence-corrected chi connectivity index (χ1v) is 13.0. The number of rotatable bonds is 8. The minimum atomic E-state index is -0.107. The predicted octanol–water partition coefficient (Wildman–Crippen LogP) is 6.42. The van der Waals surface area contributed by atoms with E-state index in [2.05, 4.69) is 62.0 Å². The SMILES string of the molecule is CCc1cccc(CC)c1-n1c(SC(C)c2nnc(-c3cccs3)o2)nnc1-c1cccnc1. The van der Waals surface area contributed by atoms with E-state index in [9.17, 15) is 0 Å². The number of hydrogen-bond acceptors (Lipinski definition) is 8. The van der Waals surface area contributed by atoms with Crippen LogP contribution in [0.3, 0.4) is 0 Å². The van der Waals surface area contributed by atoms with Gasteiger partial charge in [0.15, 0.2) is 11.0 Å². The summed E-state index contributed by atoms with van der Waals surface area (Å²) in [5.41, 5.74) is 4.55. The number of pyridine rings is 1. The second-order valence-electron chi connectivity index (χ2n) is 7.70. The van der Waals surface area contributed by atoms with Gasteiger partial charge >= 0.3 is 0 Å². The zero-order valence-corrected chi connectivity index (χ0v) is 20.8. The largest absolute Gasteiger partial charge is 0.419 e. The van der Waals surface area contributed by atoms with Crippen molar-refractivity contribution in [1.82, 2.24) is 29.9 Å². The van der Waals surface area contributed by atoms with E-state index in [0.29, 0.717) is 11.8 Å². The van der Waals surface area contributed by atoms with Crippen LogP contribution in [0.5, 0.6) is 0 Å². The summed E-state index contributed by atoms with van der Waals surface area (Å²) in [5.74, 6) is 1.87. The molecule has 1 atom stereocenters. The Morgan fingerprint density at radius 2 is 1.79 bits per heavy atom. The van der Waals surface area contributed by atoms with Crippen LogP contribution in [0.2, 0.25) is 0 Å². The summed E-state index contributed by atoms with van der Waals surface area (Å²) in [5, 5.41) is 20.4. The molecule has 4 heterocycles. The maximum absolute atomic E-state index is 5.99. The molecule has 4 aromatic heterocycles. The van der Waals surface area contributed by atoms with Crippen LogP contribution in [-0.2, 0) is 12.8 Å². The maximum Gasteiger partial charge on any atom is 0.257 e. The number of thiophene rings is 1. The van der Waals surface area contributed by atoms with Crippen LogP contribution < -0.4 is 0 Å². The van der Waals surface area contributed by atoms with E-state index in [1.807, 2.05) is 42.8 Å². The van der Waals surface area contributed by atoms with Crippen molar-refractivity contribution in [2.24, 2.45) is 0 Å². The van der Waals surface area contributed by atoms with Crippen LogP contribution in [0.4, 0.5) is 0 Å². The summed E-state index contributed by atoms with van der Waals surface area (Å²) in [4.78, 5) is 5.27. The number of hydrogen-bond donors (Lipinski definition) is 0. The molecule has 0 radical (unpaired) electrons. The van der Waals surface area contributed by atoms with E-state index < -0.39 is 0 Å². The average Bonchev–Trinajstić information content (AvgIpc) is 3.65. The molecule has 34 heavy (non-hydrogen) atoms. The van der Waals surface area contributed by atoms with E-state index in [4.69, 9.17) is 4.42 Å². The molecule has 9 heteroatoms. The van der Waals surface area contributed by atoms with Crippen LogP contribution in [0.15, 0.2) is 69.8 Å². The molecule has 0 aliphatic rings. The highest BCUT2D eigenvalue weighted by Gasteiger charge is 2.24. The summed E-state index contributed by atoms with van der Waals surface area (Å²) in [6.07, 6.45) is 5.40. The molecule has 0 spiro atoms. The van der Waals surface area contributed by atoms with Crippen molar-refractivity contribution in [3.63, 3.8) is 0 Å². The highest BCUT2D eigenvalue weighted by Crippen LogP contribution is 2.39. The van der Waals surface area contributed by atoms with Crippen molar-refractivity contribution in [3.05, 3.63) is 77.3 Å². The Labute approximate surface area is 206 Å². The molecule has 1 aromatic carbocycles. The molecule has 0 bridgehead atoms. The summed E-state index contributed by atoms with van der Waals surface area (Å²) in [7, 11) is 0.